The van der Waals surface area contributed by atoms with Crippen molar-refractivity contribution in [2.45, 2.75) is 16.2 Å². The van der Waals surface area contributed by atoms with Crippen molar-refractivity contribution in [1.82, 2.24) is 4.72 Å². The van der Waals surface area contributed by atoms with E-state index in [2.05, 4.69) is 10.0 Å². The molecule has 1 amide bonds. The Morgan fingerprint density at radius 2 is 1.71 bits per heavy atom. The number of nitrogens with one attached hydrogen (secondary N) is 2. The lowest BCUT2D eigenvalue weighted by atomic mass is 10.2. The zero-order valence-corrected chi connectivity index (χ0v) is 18.9. The van der Waals surface area contributed by atoms with Crippen LogP contribution in [-0.4, -0.2) is 34.2 Å². The molecule has 31 heavy (non-hydrogen) atoms. The molecule has 0 fully saturated rings. The van der Waals surface area contributed by atoms with Crippen molar-refractivity contribution in [2.24, 2.45) is 0 Å². The number of thioether (sulfide) groups is 1. The van der Waals surface area contributed by atoms with Gasteiger partial charge in [-0.25, -0.2) is 13.1 Å². The van der Waals surface area contributed by atoms with Crippen LogP contribution >= 0.6 is 11.8 Å². The van der Waals surface area contributed by atoms with Gasteiger partial charge in [-0.3, -0.25) is 4.79 Å². The smallest absolute Gasteiger partial charge is 0.255 e. The maximum Gasteiger partial charge on any atom is 0.255 e. The molecule has 0 aromatic heterocycles. The van der Waals surface area contributed by atoms with E-state index in [-0.39, 0.29) is 22.8 Å². The van der Waals surface area contributed by atoms with Crippen molar-refractivity contribution >= 4 is 33.4 Å². The van der Waals surface area contributed by atoms with Crippen LogP contribution in [0.25, 0.3) is 0 Å². The van der Waals surface area contributed by atoms with Crippen LogP contribution in [0.1, 0.15) is 15.9 Å². The van der Waals surface area contributed by atoms with Crippen molar-refractivity contribution in [3.63, 3.8) is 0 Å². The van der Waals surface area contributed by atoms with E-state index < -0.39 is 15.9 Å². The van der Waals surface area contributed by atoms with Gasteiger partial charge in [0.05, 0.1) is 12.8 Å². The average molecular weight is 457 g/mol. The van der Waals surface area contributed by atoms with Crippen LogP contribution in [0.5, 0.6) is 5.75 Å². The highest BCUT2D eigenvalue weighted by Crippen LogP contribution is 2.27. The van der Waals surface area contributed by atoms with Gasteiger partial charge in [-0.1, -0.05) is 42.5 Å². The molecule has 0 spiro atoms. The third-order valence-corrected chi connectivity index (χ3v) is 6.90. The molecule has 0 bridgehead atoms. The number of benzene rings is 3. The van der Waals surface area contributed by atoms with Gasteiger partial charge >= 0.3 is 0 Å². The molecule has 0 aliphatic heterocycles. The molecule has 6 nitrogen and oxygen atoms in total. The number of para-hydroxylation sites is 1. The summed E-state index contributed by atoms with van der Waals surface area (Å²) in [5.41, 5.74) is 1.92. The summed E-state index contributed by atoms with van der Waals surface area (Å²) in [4.78, 5) is 13.6. The Morgan fingerprint density at radius 3 is 2.42 bits per heavy atom. The van der Waals surface area contributed by atoms with Crippen molar-refractivity contribution in [1.29, 1.82) is 0 Å². The SMILES string of the molecule is COc1ccc(C(=O)Nc2ccccc2SC)cc1S(=O)(=O)NCCc1ccccc1. The van der Waals surface area contributed by atoms with Gasteiger partial charge in [0.1, 0.15) is 10.6 Å². The quantitative estimate of drug-likeness (QED) is 0.472. The topological polar surface area (TPSA) is 84.5 Å². The number of amides is 1. The third kappa shape index (κ3) is 5.88. The normalized spacial score (nSPS) is 11.2. The number of rotatable bonds is 9. The van der Waals surface area contributed by atoms with Gasteiger partial charge < -0.3 is 10.1 Å². The first-order valence-corrected chi connectivity index (χ1v) is 12.3. The summed E-state index contributed by atoms with van der Waals surface area (Å²) < 4.78 is 33.6. The predicted octanol–water partition coefficient (Wildman–Crippen LogP) is 4.19. The van der Waals surface area contributed by atoms with Gasteiger partial charge in [0.25, 0.3) is 5.91 Å². The number of carbonyl (C=O) groups is 1. The van der Waals surface area contributed by atoms with Crippen LogP contribution in [0.3, 0.4) is 0 Å². The zero-order valence-electron chi connectivity index (χ0n) is 17.3. The Kier molecular flexibility index (Phi) is 7.73. The molecule has 0 unspecified atom stereocenters. The van der Waals surface area contributed by atoms with Crippen molar-refractivity contribution < 1.29 is 17.9 Å². The minimum atomic E-state index is -3.87. The fraction of sp³-hybridized carbons (Fsp3) is 0.174. The van der Waals surface area contributed by atoms with Gasteiger partial charge in [0, 0.05) is 17.0 Å². The molecule has 0 atom stereocenters. The standard InChI is InChI=1S/C23H24N2O4S2/c1-29-20-13-12-18(23(26)25-19-10-6-7-11-21(19)30-2)16-22(20)31(27,28)24-15-14-17-8-4-3-5-9-17/h3-13,16,24H,14-15H2,1-2H3,(H,25,26). The molecule has 0 saturated carbocycles. The Labute approximate surface area is 187 Å². The fourth-order valence-electron chi connectivity index (χ4n) is 3.02. The minimum absolute atomic E-state index is 0.0751. The largest absolute Gasteiger partial charge is 0.495 e. The Hall–Kier alpha value is -2.81. The van der Waals surface area contributed by atoms with Crippen LogP contribution in [0.15, 0.2) is 82.6 Å². The van der Waals surface area contributed by atoms with Crippen molar-refractivity contribution in [2.75, 3.05) is 25.2 Å². The van der Waals surface area contributed by atoms with E-state index in [9.17, 15) is 13.2 Å². The molecular weight excluding hydrogens is 432 g/mol. The van der Waals surface area contributed by atoms with Gasteiger partial charge in [-0.15, -0.1) is 11.8 Å². The summed E-state index contributed by atoms with van der Waals surface area (Å²) in [6, 6.07) is 21.4. The van der Waals surface area contributed by atoms with E-state index in [0.29, 0.717) is 12.1 Å². The van der Waals surface area contributed by atoms with E-state index >= 15 is 0 Å². The van der Waals surface area contributed by atoms with E-state index in [1.165, 1.54) is 31.0 Å². The number of hydrogen-bond acceptors (Lipinski definition) is 5. The number of methoxy groups -OCH3 is 1. The highest BCUT2D eigenvalue weighted by molar-refractivity contribution is 7.98. The highest BCUT2D eigenvalue weighted by Gasteiger charge is 2.21. The molecule has 0 aliphatic carbocycles. The summed E-state index contributed by atoms with van der Waals surface area (Å²) in [6.07, 6.45) is 2.47. The Morgan fingerprint density at radius 1 is 1.00 bits per heavy atom. The van der Waals surface area contributed by atoms with E-state index in [1.54, 1.807) is 12.1 Å². The molecule has 3 aromatic carbocycles. The third-order valence-electron chi connectivity index (χ3n) is 4.62. The van der Waals surface area contributed by atoms with E-state index in [4.69, 9.17) is 4.74 Å². The number of ether oxygens (including phenoxy) is 1. The van der Waals surface area contributed by atoms with Crippen LogP contribution in [0, 0.1) is 0 Å². The maximum absolute atomic E-state index is 12.9. The molecule has 0 saturated heterocycles. The van der Waals surface area contributed by atoms with Crippen LogP contribution in [0.4, 0.5) is 5.69 Å². The van der Waals surface area contributed by atoms with Crippen LogP contribution in [0.2, 0.25) is 0 Å². The van der Waals surface area contributed by atoms with E-state index in [0.717, 1.165) is 10.5 Å². The van der Waals surface area contributed by atoms with Crippen LogP contribution in [-0.2, 0) is 16.4 Å². The first-order valence-electron chi connectivity index (χ1n) is 9.60. The molecule has 3 rings (SSSR count). The molecule has 0 radical (unpaired) electrons. The number of anilines is 1. The summed E-state index contributed by atoms with van der Waals surface area (Å²) in [5, 5.41) is 2.84. The number of hydrogen-bond donors (Lipinski definition) is 2. The molecule has 0 heterocycles. The molecule has 162 valence electrons. The molecule has 3 aromatic rings. The van der Waals surface area contributed by atoms with Gasteiger partial charge in [-0.05, 0) is 48.6 Å². The molecular formula is C23H24N2O4S2. The zero-order chi connectivity index (χ0) is 22.3. The second-order valence-corrected chi connectivity index (χ2v) is 9.24. The van der Waals surface area contributed by atoms with Gasteiger partial charge in [0.15, 0.2) is 0 Å². The molecule has 0 aliphatic rings. The average Bonchev–Trinajstić information content (AvgIpc) is 2.79. The lowest BCUT2D eigenvalue weighted by molar-refractivity contribution is 0.102. The summed E-state index contributed by atoms with van der Waals surface area (Å²) in [6.45, 7) is 0.229. The number of carbonyl (C=O) groups excluding carboxylic acids is 1. The lowest BCUT2D eigenvalue weighted by Crippen LogP contribution is -2.27. The fourth-order valence-corrected chi connectivity index (χ4v) is 4.80. The minimum Gasteiger partial charge on any atom is -0.495 e. The van der Waals surface area contributed by atoms with Crippen molar-refractivity contribution in [3.05, 3.63) is 83.9 Å². The van der Waals surface area contributed by atoms with Crippen molar-refractivity contribution in [3.8, 4) is 5.75 Å². The molecule has 8 heteroatoms. The lowest BCUT2D eigenvalue weighted by Gasteiger charge is -2.13. The summed E-state index contributed by atoms with van der Waals surface area (Å²) >= 11 is 1.51. The second kappa shape index (κ2) is 10.5. The Balaban J connectivity index is 1.79. The van der Waals surface area contributed by atoms with Gasteiger partial charge in [0.2, 0.25) is 10.0 Å². The highest BCUT2D eigenvalue weighted by atomic mass is 32.2. The first-order chi connectivity index (χ1) is 14.9. The van der Waals surface area contributed by atoms with E-state index in [1.807, 2.05) is 54.8 Å². The number of sulfonamides is 1. The summed E-state index contributed by atoms with van der Waals surface area (Å²) in [5.74, 6) is -0.224. The molecule has 2 N–H and O–H groups in total. The second-order valence-electron chi connectivity index (χ2n) is 6.65. The monoisotopic (exact) mass is 456 g/mol. The first kappa shape index (κ1) is 22.9. The predicted molar refractivity (Wildman–Crippen MR) is 125 cm³/mol. The van der Waals surface area contributed by atoms with Crippen LogP contribution < -0.4 is 14.8 Å². The van der Waals surface area contributed by atoms with Gasteiger partial charge in [-0.2, -0.15) is 0 Å². The summed E-state index contributed by atoms with van der Waals surface area (Å²) in [7, 11) is -2.48. The Bertz CT molecular complexity index is 1150. The maximum atomic E-state index is 12.9.